The van der Waals surface area contributed by atoms with Gasteiger partial charge in [-0.3, -0.25) is 14.7 Å². The molecule has 118 valence electrons. The fourth-order valence-corrected chi connectivity index (χ4v) is 2.54. The smallest absolute Gasteiger partial charge is 0.260 e. The Hall–Kier alpha value is -1.76. The van der Waals surface area contributed by atoms with Crippen LogP contribution in [-0.4, -0.2) is 69.4 Å². The van der Waals surface area contributed by atoms with E-state index in [1.165, 1.54) is 0 Å². The third-order valence-corrected chi connectivity index (χ3v) is 3.60. The van der Waals surface area contributed by atoms with Crippen LogP contribution in [0.25, 0.3) is 0 Å². The van der Waals surface area contributed by atoms with E-state index >= 15 is 0 Å². The number of hydrogen-bond acceptors (Lipinski definition) is 5. The van der Waals surface area contributed by atoms with Gasteiger partial charge in [-0.2, -0.15) is 0 Å². The SMILES string of the molecule is O=C1c2ccccc2C2=NCCOCCOCCOCCN12. The van der Waals surface area contributed by atoms with Gasteiger partial charge in [0.05, 0.1) is 58.3 Å². The van der Waals surface area contributed by atoms with Gasteiger partial charge in [-0.25, -0.2) is 0 Å². The average molecular weight is 304 g/mol. The zero-order chi connectivity index (χ0) is 15.2. The molecule has 0 bridgehead atoms. The largest absolute Gasteiger partial charge is 0.377 e. The van der Waals surface area contributed by atoms with E-state index in [1.807, 2.05) is 24.3 Å². The summed E-state index contributed by atoms with van der Waals surface area (Å²) >= 11 is 0. The van der Waals surface area contributed by atoms with Crippen LogP contribution in [0.4, 0.5) is 0 Å². The van der Waals surface area contributed by atoms with E-state index in [0.29, 0.717) is 58.3 Å². The van der Waals surface area contributed by atoms with Crippen molar-refractivity contribution in [1.82, 2.24) is 4.90 Å². The first-order valence-corrected chi connectivity index (χ1v) is 7.57. The molecule has 0 saturated heterocycles. The Labute approximate surface area is 129 Å². The van der Waals surface area contributed by atoms with Crippen molar-refractivity contribution in [2.24, 2.45) is 4.99 Å². The second-order valence-electron chi connectivity index (χ2n) is 5.04. The molecule has 3 rings (SSSR count). The standard InChI is InChI=1S/C16H20N2O4/c19-16-14-4-2-1-3-13(14)15-17-5-7-20-9-11-22-12-10-21-8-6-18(15)16/h1-4H,5-12H2. The van der Waals surface area contributed by atoms with E-state index in [0.717, 1.165) is 11.4 Å². The lowest BCUT2D eigenvalue weighted by atomic mass is 10.1. The van der Waals surface area contributed by atoms with Crippen LogP contribution in [0, 0.1) is 0 Å². The van der Waals surface area contributed by atoms with E-state index < -0.39 is 0 Å². The highest BCUT2D eigenvalue weighted by atomic mass is 16.5. The molecule has 1 amide bonds. The van der Waals surface area contributed by atoms with Gasteiger partial charge in [-0.15, -0.1) is 0 Å². The van der Waals surface area contributed by atoms with Crippen molar-refractivity contribution in [2.45, 2.75) is 0 Å². The van der Waals surface area contributed by atoms with Gasteiger partial charge in [0.25, 0.3) is 5.91 Å². The first kappa shape index (κ1) is 15.1. The van der Waals surface area contributed by atoms with Gasteiger partial charge >= 0.3 is 0 Å². The molecule has 0 N–H and O–H groups in total. The maximum Gasteiger partial charge on any atom is 0.260 e. The van der Waals surface area contributed by atoms with Crippen molar-refractivity contribution in [1.29, 1.82) is 0 Å². The molecule has 1 aromatic rings. The molecular weight excluding hydrogens is 284 g/mol. The molecule has 0 aromatic heterocycles. The van der Waals surface area contributed by atoms with Crippen molar-refractivity contribution in [2.75, 3.05) is 52.7 Å². The monoisotopic (exact) mass is 304 g/mol. The Balaban J connectivity index is 1.79. The molecule has 1 aromatic carbocycles. The molecule has 6 heteroatoms. The Morgan fingerprint density at radius 3 is 2.27 bits per heavy atom. The lowest BCUT2D eigenvalue weighted by Gasteiger charge is -2.18. The molecule has 0 fully saturated rings. The van der Waals surface area contributed by atoms with Crippen LogP contribution in [0.5, 0.6) is 0 Å². The Bertz CT molecular complexity index is 559. The van der Waals surface area contributed by atoms with Crippen molar-refractivity contribution in [3.63, 3.8) is 0 Å². The summed E-state index contributed by atoms with van der Waals surface area (Å²) in [5.74, 6) is 0.711. The summed E-state index contributed by atoms with van der Waals surface area (Å²) in [6.45, 7) is 4.17. The van der Waals surface area contributed by atoms with Gasteiger partial charge in [0.15, 0.2) is 0 Å². The average Bonchev–Trinajstić information content (AvgIpc) is 2.81. The predicted molar refractivity (Wildman–Crippen MR) is 81.3 cm³/mol. The molecule has 0 radical (unpaired) electrons. The van der Waals surface area contributed by atoms with Gasteiger partial charge in [0, 0.05) is 5.56 Å². The molecule has 0 aliphatic carbocycles. The van der Waals surface area contributed by atoms with E-state index in [4.69, 9.17) is 14.2 Å². The van der Waals surface area contributed by atoms with Crippen LogP contribution < -0.4 is 0 Å². The number of ether oxygens (including phenoxy) is 3. The maximum atomic E-state index is 12.5. The second-order valence-corrected chi connectivity index (χ2v) is 5.04. The van der Waals surface area contributed by atoms with Gasteiger partial charge in [-0.1, -0.05) is 18.2 Å². The minimum atomic E-state index is -0.0118. The van der Waals surface area contributed by atoms with Gasteiger partial charge < -0.3 is 14.2 Å². The summed E-state index contributed by atoms with van der Waals surface area (Å²) in [7, 11) is 0. The minimum absolute atomic E-state index is 0.0118. The molecular formula is C16H20N2O4. The van der Waals surface area contributed by atoms with E-state index in [-0.39, 0.29) is 5.91 Å². The number of benzene rings is 1. The third-order valence-electron chi connectivity index (χ3n) is 3.60. The van der Waals surface area contributed by atoms with Crippen molar-refractivity contribution in [3.05, 3.63) is 35.4 Å². The zero-order valence-corrected chi connectivity index (χ0v) is 12.5. The van der Waals surface area contributed by atoms with Crippen molar-refractivity contribution < 1.29 is 19.0 Å². The predicted octanol–water partition coefficient (Wildman–Crippen LogP) is 0.952. The summed E-state index contributed by atoms with van der Waals surface area (Å²) < 4.78 is 16.4. The topological polar surface area (TPSA) is 60.4 Å². The Morgan fingerprint density at radius 2 is 1.50 bits per heavy atom. The molecule has 0 unspecified atom stereocenters. The van der Waals surface area contributed by atoms with Gasteiger partial charge in [0.1, 0.15) is 5.84 Å². The molecule has 2 aliphatic heterocycles. The summed E-state index contributed by atoms with van der Waals surface area (Å²) in [6.07, 6.45) is 0. The summed E-state index contributed by atoms with van der Waals surface area (Å²) in [4.78, 5) is 18.8. The number of hydrogen-bond donors (Lipinski definition) is 0. The maximum absolute atomic E-state index is 12.5. The second kappa shape index (κ2) is 7.49. The number of fused-ring (bicyclic) bond motifs is 3. The normalized spacial score (nSPS) is 20.8. The third kappa shape index (κ3) is 3.35. The molecule has 22 heavy (non-hydrogen) atoms. The highest BCUT2D eigenvalue weighted by Gasteiger charge is 2.32. The number of nitrogens with zero attached hydrogens (tertiary/aromatic N) is 2. The zero-order valence-electron chi connectivity index (χ0n) is 12.5. The number of amides is 1. The van der Waals surface area contributed by atoms with Crippen LogP contribution in [-0.2, 0) is 14.2 Å². The van der Waals surface area contributed by atoms with E-state index in [9.17, 15) is 4.79 Å². The van der Waals surface area contributed by atoms with Crippen LogP contribution in [0.2, 0.25) is 0 Å². The molecule has 6 nitrogen and oxygen atoms in total. The Kier molecular flexibility index (Phi) is 5.15. The first-order valence-electron chi connectivity index (χ1n) is 7.57. The lowest BCUT2D eigenvalue weighted by molar-refractivity contribution is 0.0136. The van der Waals surface area contributed by atoms with E-state index in [1.54, 1.807) is 4.90 Å². The summed E-state index contributed by atoms with van der Waals surface area (Å²) in [5, 5.41) is 0. The van der Waals surface area contributed by atoms with Crippen LogP contribution in [0.1, 0.15) is 15.9 Å². The minimum Gasteiger partial charge on any atom is -0.377 e. The van der Waals surface area contributed by atoms with E-state index in [2.05, 4.69) is 4.99 Å². The number of amidine groups is 1. The number of carbonyl (C=O) groups is 1. The first-order chi connectivity index (χ1) is 10.9. The van der Waals surface area contributed by atoms with Crippen LogP contribution >= 0.6 is 0 Å². The van der Waals surface area contributed by atoms with Crippen LogP contribution in [0.15, 0.2) is 29.3 Å². The molecule has 0 saturated carbocycles. The van der Waals surface area contributed by atoms with Crippen molar-refractivity contribution >= 4 is 11.7 Å². The quantitative estimate of drug-likeness (QED) is 0.716. The number of rotatable bonds is 0. The highest BCUT2D eigenvalue weighted by molar-refractivity contribution is 6.23. The summed E-state index contributed by atoms with van der Waals surface area (Å²) in [5.41, 5.74) is 1.60. The fourth-order valence-electron chi connectivity index (χ4n) is 2.54. The molecule has 0 atom stereocenters. The summed E-state index contributed by atoms with van der Waals surface area (Å²) in [6, 6.07) is 7.57. The fraction of sp³-hybridized carbons (Fsp3) is 0.500. The lowest BCUT2D eigenvalue weighted by Crippen LogP contribution is -2.34. The Morgan fingerprint density at radius 1 is 0.864 bits per heavy atom. The molecule has 0 spiro atoms. The number of carbonyl (C=O) groups excluding carboxylic acids is 1. The van der Waals surface area contributed by atoms with Crippen LogP contribution in [0.3, 0.4) is 0 Å². The molecule has 2 aliphatic rings. The van der Waals surface area contributed by atoms with Gasteiger partial charge in [-0.05, 0) is 6.07 Å². The highest BCUT2D eigenvalue weighted by Crippen LogP contribution is 2.23. The number of aliphatic imine (C=N–C) groups is 1. The van der Waals surface area contributed by atoms with Crippen molar-refractivity contribution in [3.8, 4) is 0 Å². The molecule has 2 heterocycles. The van der Waals surface area contributed by atoms with Gasteiger partial charge in [0.2, 0.25) is 0 Å².